The van der Waals surface area contributed by atoms with Crippen LogP contribution in [0.25, 0.3) is 0 Å². The first-order chi connectivity index (χ1) is 22.3. The molecule has 1 saturated carbocycles. The minimum absolute atomic E-state index is 0.0515. The Hall–Kier alpha value is -3.62. The summed E-state index contributed by atoms with van der Waals surface area (Å²) in [5.41, 5.74) is -2.22. The van der Waals surface area contributed by atoms with Crippen LogP contribution < -0.4 is 10.4 Å². The average molecular weight is 673 g/mol. The van der Waals surface area contributed by atoms with Gasteiger partial charge in [0.25, 0.3) is 8.32 Å². The van der Waals surface area contributed by atoms with Gasteiger partial charge < -0.3 is 14.6 Å². The number of carboxylic acids is 1. The number of ketones is 1. The molecule has 1 aliphatic carbocycles. The van der Waals surface area contributed by atoms with Gasteiger partial charge in [0, 0.05) is 16.7 Å². The van der Waals surface area contributed by atoms with E-state index in [0.29, 0.717) is 30.7 Å². The van der Waals surface area contributed by atoms with Gasteiger partial charge in [0.15, 0.2) is 5.78 Å². The van der Waals surface area contributed by atoms with Gasteiger partial charge in [-0.25, -0.2) is 9.18 Å². The zero-order valence-electron chi connectivity index (χ0n) is 27.3. The Kier molecular flexibility index (Phi) is 10.2. The molecule has 0 saturated heterocycles. The number of hydrogen-bond donors (Lipinski definition) is 2. The molecular weight excluding hydrogens is 631 g/mol. The van der Waals surface area contributed by atoms with Crippen molar-refractivity contribution in [1.29, 1.82) is 0 Å². The van der Waals surface area contributed by atoms with E-state index < -0.39 is 42.6 Å². The van der Waals surface area contributed by atoms with Gasteiger partial charge in [-0.3, -0.25) is 4.79 Å². The first-order valence-electron chi connectivity index (χ1n) is 16.2. The van der Waals surface area contributed by atoms with Crippen LogP contribution in [0.15, 0.2) is 97.1 Å². The van der Waals surface area contributed by atoms with Crippen molar-refractivity contribution in [3.8, 4) is 0 Å². The average Bonchev–Trinajstić information content (AvgIpc) is 3.07. The van der Waals surface area contributed by atoms with Crippen LogP contribution in [-0.2, 0) is 10.0 Å². The monoisotopic (exact) mass is 672 g/mol. The molecule has 0 spiro atoms. The van der Waals surface area contributed by atoms with E-state index in [-0.39, 0.29) is 34.6 Å². The van der Waals surface area contributed by atoms with Crippen molar-refractivity contribution in [3.63, 3.8) is 0 Å². The zero-order chi connectivity index (χ0) is 34.0. The van der Waals surface area contributed by atoms with E-state index in [0.717, 1.165) is 6.07 Å². The topological polar surface area (TPSA) is 83.8 Å². The quantitative estimate of drug-likeness (QED) is 0.131. The number of carboxylic acid groups (broad SMARTS) is 1. The standard InChI is InChI=1S/C39H42ClFO5Si/c1-5-39(45,28-24-33(37(43)44)35(34(41)25-28)36(42)26-16-20-29(40)21-17-26)27-18-22-30(23-19-27)46-47(38(2,3)4,31-12-8-6-9-13-31)32-14-10-7-11-15-32/h6-17,20-21,24-25,27,30,45H,5,18-19,22-23H2,1-4H3,(H,43,44). The molecule has 5 rings (SSSR count). The third-order valence-electron chi connectivity index (χ3n) is 9.80. The van der Waals surface area contributed by atoms with E-state index in [1.54, 1.807) is 0 Å². The molecule has 0 bridgehead atoms. The number of halogens is 2. The molecular formula is C39H42ClFO5Si. The molecule has 0 amide bonds. The summed E-state index contributed by atoms with van der Waals surface area (Å²) < 4.78 is 23.1. The SMILES string of the molecule is CCC(O)(c1cc(F)c(C(=O)c2ccc(Cl)cc2)c(C(=O)O)c1)C1CCC(O[Si](c2ccccc2)(c2ccccc2)C(C)(C)C)CC1. The summed E-state index contributed by atoms with van der Waals surface area (Å²) in [6.07, 6.45) is 2.81. The van der Waals surface area contributed by atoms with Crippen molar-refractivity contribution in [1.82, 2.24) is 0 Å². The second-order valence-electron chi connectivity index (χ2n) is 13.6. The minimum atomic E-state index is -2.77. The summed E-state index contributed by atoms with van der Waals surface area (Å²) in [6.45, 7) is 8.56. The van der Waals surface area contributed by atoms with Gasteiger partial charge in [-0.2, -0.15) is 0 Å². The Balaban J connectivity index is 1.44. The fourth-order valence-electron chi connectivity index (χ4n) is 7.33. The van der Waals surface area contributed by atoms with Crippen LogP contribution in [0, 0.1) is 11.7 Å². The lowest BCUT2D eigenvalue weighted by Crippen LogP contribution is -2.67. The Bertz CT molecular complexity index is 1670. The van der Waals surface area contributed by atoms with Gasteiger partial charge in [0.2, 0.25) is 0 Å². The van der Waals surface area contributed by atoms with Gasteiger partial charge in [0.05, 0.1) is 16.7 Å². The maximum absolute atomic E-state index is 15.8. The second-order valence-corrected chi connectivity index (χ2v) is 18.2. The fraction of sp³-hybridized carbons (Fsp3) is 0.333. The number of carbonyl (C=O) groups is 2. The van der Waals surface area contributed by atoms with Crippen LogP contribution in [0.1, 0.15) is 91.6 Å². The summed E-state index contributed by atoms with van der Waals surface area (Å²) in [6, 6.07) is 29.2. The number of aliphatic hydroxyl groups is 1. The molecule has 0 aliphatic heterocycles. The molecule has 0 aromatic heterocycles. The third kappa shape index (κ3) is 6.72. The minimum Gasteiger partial charge on any atom is -0.478 e. The highest BCUT2D eigenvalue weighted by Gasteiger charge is 2.52. The Labute approximate surface area is 282 Å². The summed E-state index contributed by atoms with van der Waals surface area (Å²) in [5, 5.41) is 24.8. The molecule has 2 N–H and O–H groups in total. The lowest BCUT2D eigenvalue weighted by molar-refractivity contribution is -0.0543. The second kappa shape index (κ2) is 13.8. The molecule has 0 radical (unpaired) electrons. The van der Waals surface area contributed by atoms with Crippen LogP contribution in [0.4, 0.5) is 4.39 Å². The Morgan fingerprint density at radius 3 is 1.87 bits per heavy atom. The van der Waals surface area contributed by atoms with Gasteiger partial charge in [-0.05, 0) is 95.4 Å². The predicted octanol–water partition coefficient (Wildman–Crippen LogP) is 8.14. The van der Waals surface area contributed by atoms with Crippen molar-refractivity contribution < 1.29 is 28.6 Å². The normalized spacial score (nSPS) is 18.4. The zero-order valence-corrected chi connectivity index (χ0v) is 29.1. The van der Waals surface area contributed by atoms with Gasteiger partial charge in [0.1, 0.15) is 5.82 Å². The van der Waals surface area contributed by atoms with Crippen molar-refractivity contribution >= 4 is 42.0 Å². The molecule has 5 nitrogen and oxygen atoms in total. The first-order valence-corrected chi connectivity index (χ1v) is 18.5. The summed E-state index contributed by atoms with van der Waals surface area (Å²) in [4.78, 5) is 25.6. The smallest absolute Gasteiger partial charge is 0.336 e. The molecule has 1 atom stereocenters. The van der Waals surface area contributed by atoms with Crippen molar-refractivity contribution in [2.45, 2.75) is 76.5 Å². The molecule has 47 heavy (non-hydrogen) atoms. The summed E-state index contributed by atoms with van der Waals surface area (Å²) in [7, 11) is -2.77. The fourth-order valence-corrected chi connectivity index (χ4v) is 12.2. The van der Waals surface area contributed by atoms with Crippen LogP contribution in [0.3, 0.4) is 0 Å². The van der Waals surface area contributed by atoms with Gasteiger partial charge in [-0.15, -0.1) is 0 Å². The molecule has 246 valence electrons. The summed E-state index contributed by atoms with van der Waals surface area (Å²) in [5.74, 6) is -3.44. The first kappa shape index (κ1) is 34.7. The molecule has 4 aromatic rings. The van der Waals surface area contributed by atoms with Gasteiger partial charge >= 0.3 is 5.97 Å². The molecule has 1 unspecified atom stereocenters. The maximum Gasteiger partial charge on any atom is 0.336 e. The van der Waals surface area contributed by atoms with Crippen molar-refractivity contribution in [3.05, 3.63) is 130 Å². The lowest BCUT2D eigenvalue weighted by atomic mass is 9.71. The molecule has 1 aliphatic rings. The molecule has 8 heteroatoms. The number of carbonyl (C=O) groups excluding carboxylic acids is 1. The number of rotatable bonds is 10. The van der Waals surface area contributed by atoms with E-state index in [9.17, 15) is 19.8 Å². The van der Waals surface area contributed by atoms with Crippen LogP contribution >= 0.6 is 11.6 Å². The van der Waals surface area contributed by atoms with Crippen molar-refractivity contribution in [2.75, 3.05) is 0 Å². The van der Waals surface area contributed by atoms with Gasteiger partial charge in [-0.1, -0.05) is 100.0 Å². The van der Waals surface area contributed by atoms with E-state index in [4.69, 9.17) is 16.0 Å². The largest absolute Gasteiger partial charge is 0.478 e. The summed E-state index contributed by atoms with van der Waals surface area (Å²) >= 11 is 5.94. The molecule has 4 aromatic carbocycles. The maximum atomic E-state index is 15.8. The lowest BCUT2D eigenvalue weighted by Gasteiger charge is -2.47. The number of benzene rings is 4. The highest BCUT2D eigenvalue weighted by Crippen LogP contribution is 2.45. The number of aromatic carboxylic acids is 1. The van der Waals surface area contributed by atoms with E-state index in [1.165, 1.54) is 40.7 Å². The third-order valence-corrected chi connectivity index (χ3v) is 15.1. The van der Waals surface area contributed by atoms with Crippen molar-refractivity contribution in [2.24, 2.45) is 5.92 Å². The Morgan fingerprint density at radius 1 is 0.872 bits per heavy atom. The van der Waals surface area contributed by atoms with Crippen LogP contribution in [0.5, 0.6) is 0 Å². The van der Waals surface area contributed by atoms with E-state index in [2.05, 4.69) is 69.3 Å². The Morgan fingerprint density at radius 2 is 1.40 bits per heavy atom. The van der Waals surface area contributed by atoms with E-state index in [1.807, 2.05) is 19.1 Å². The highest BCUT2D eigenvalue weighted by molar-refractivity contribution is 6.99. The number of hydrogen-bond acceptors (Lipinski definition) is 4. The molecule has 1 fully saturated rings. The predicted molar refractivity (Wildman–Crippen MR) is 187 cm³/mol. The van der Waals surface area contributed by atoms with Crippen LogP contribution in [-0.4, -0.2) is 36.4 Å². The van der Waals surface area contributed by atoms with Crippen LogP contribution in [0.2, 0.25) is 10.1 Å². The molecule has 0 heterocycles. The highest BCUT2D eigenvalue weighted by atomic mass is 35.5. The van der Waals surface area contributed by atoms with E-state index >= 15 is 4.39 Å².